The average Bonchev–Trinajstić information content (AvgIpc) is 2.17. The maximum atomic E-state index is 10.1. The first-order valence-electron chi connectivity index (χ1n) is 4.22. The first kappa shape index (κ1) is 9.52. The molecule has 2 nitrogen and oxygen atoms in total. The van der Waals surface area contributed by atoms with Gasteiger partial charge in [0.15, 0.2) is 0 Å². The van der Waals surface area contributed by atoms with Crippen LogP contribution in [0.15, 0.2) is 30.3 Å². The second-order valence-corrected chi connectivity index (χ2v) is 2.47. The number of para-hydroxylation sites is 1. The van der Waals surface area contributed by atoms with Gasteiger partial charge >= 0.3 is 0 Å². The molecule has 0 amide bonds. The van der Waals surface area contributed by atoms with E-state index < -0.39 is 0 Å². The molecule has 0 aliphatic rings. The molecule has 68 valence electrons. The lowest BCUT2D eigenvalue weighted by Crippen LogP contribution is -1.92. The van der Waals surface area contributed by atoms with E-state index >= 15 is 0 Å². The normalized spacial score (nSPS) is 10.2. The number of rotatable bonds is 4. The fourth-order valence-corrected chi connectivity index (χ4v) is 1.05. The summed E-state index contributed by atoms with van der Waals surface area (Å²) in [6.07, 6.45) is 3.94. The van der Waals surface area contributed by atoms with Crippen LogP contribution in [0.5, 0.6) is 5.75 Å². The molecule has 1 aromatic carbocycles. The molecule has 0 saturated carbocycles. The van der Waals surface area contributed by atoms with E-state index in [0.717, 1.165) is 17.6 Å². The fraction of sp³-hybridized carbons (Fsp3) is 0.182. The molecule has 1 rings (SSSR count). The van der Waals surface area contributed by atoms with Crippen molar-refractivity contribution >= 4 is 12.4 Å². The number of hydrogen-bond donors (Lipinski definition) is 0. The van der Waals surface area contributed by atoms with Crippen molar-refractivity contribution in [1.29, 1.82) is 0 Å². The number of aldehydes is 1. The Morgan fingerprint density at radius 3 is 2.85 bits per heavy atom. The van der Waals surface area contributed by atoms with Gasteiger partial charge in [0.25, 0.3) is 0 Å². The van der Waals surface area contributed by atoms with Crippen molar-refractivity contribution in [3.05, 3.63) is 35.9 Å². The third-order valence-corrected chi connectivity index (χ3v) is 1.57. The summed E-state index contributed by atoms with van der Waals surface area (Å²) in [5.41, 5.74) is 0.927. The van der Waals surface area contributed by atoms with Crippen molar-refractivity contribution in [2.24, 2.45) is 0 Å². The second-order valence-electron chi connectivity index (χ2n) is 2.47. The number of carbonyl (C=O) groups excluding carboxylic acids is 1. The summed E-state index contributed by atoms with van der Waals surface area (Å²) in [4.78, 5) is 10.1. The molecule has 13 heavy (non-hydrogen) atoms. The first-order chi connectivity index (χ1) is 6.38. The van der Waals surface area contributed by atoms with Gasteiger partial charge in [0.05, 0.1) is 6.61 Å². The zero-order valence-electron chi connectivity index (χ0n) is 7.57. The van der Waals surface area contributed by atoms with Gasteiger partial charge in [0, 0.05) is 5.56 Å². The SMILES string of the molecule is CCOc1ccccc1C=CC=O. The molecule has 0 radical (unpaired) electrons. The summed E-state index contributed by atoms with van der Waals surface area (Å²) >= 11 is 0. The molecule has 0 fully saturated rings. The highest BCUT2D eigenvalue weighted by Gasteiger charge is 1.96. The predicted molar refractivity (Wildman–Crippen MR) is 52.7 cm³/mol. The summed E-state index contributed by atoms with van der Waals surface area (Å²) in [6.45, 7) is 2.56. The smallest absolute Gasteiger partial charge is 0.142 e. The molecule has 0 bridgehead atoms. The molecule has 0 aromatic heterocycles. The number of benzene rings is 1. The molecular weight excluding hydrogens is 164 g/mol. The van der Waals surface area contributed by atoms with E-state index in [-0.39, 0.29) is 0 Å². The van der Waals surface area contributed by atoms with Gasteiger partial charge in [-0.2, -0.15) is 0 Å². The third kappa shape index (κ3) is 2.75. The van der Waals surface area contributed by atoms with Crippen LogP contribution in [0.1, 0.15) is 12.5 Å². The Morgan fingerprint density at radius 1 is 1.38 bits per heavy atom. The summed E-state index contributed by atoms with van der Waals surface area (Å²) in [7, 11) is 0. The van der Waals surface area contributed by atoms with Crippen molar-refractivity contribution in [2.75, 3.05) is 6.61 Å². The zero-order valence-corrected chi connectivity index (χ0v) is 7.57. The first-order valence-corrected chi connectivity index (χ1v) is 4.22. The van der Waals surface area contributed by atoms with Gasteiger partial charge < -0.3 is 4.74 Å². The molecule has 0 aliphatic heterocycles. The highest BCUT2D eigenvalue weighted by Crippen LogP contribution is 2.18. The Bertz CT molecular complexity index is 303. The van der Waals surface area contributed by atoms with Crippen molar-refractivity contribution < 1.29 is 9.53 Å². The second kappa shape index (κ2) is 5.14. The van der Waals surface area contributed by atoms with Gasteiger partial charge in [-0.1, -0.05) is 18.2 Å². The lowest BCUT2D eigenvalue weighted by atomic mass is 10.2. The minimum atomic E-state index is 0.631. The fourth-order valence-electron chi connectivity index (χ4n) is 1.05. The van der Waals surface area contributed by atoms with Crippen LogP contribution < -0.4 is 4.74 Å². The average molecular weight is 176 g/mol. The van der Waals surface area contributed by atoms with Crippen LogP contribution >= 0.6 is 0 Å². The van der Waals surface area contributed by atoms with E-state index in [9.17, 15) is 4.79 Å². The summed E-state index contributed by atoms with van der Waals surface area (Å²) in [5.74, 6) is 0.808. The number of ether oxygens (including phenoxy) is 1. The van der Waals surface area contributed by atoms with Crippen molar-refractivity contribution in [3.63, 3.8) is 0 Å². The quantitative estimate of drug-likeness (QED) is 0.519. The Morgan fingerprint density at radius 2 is 2.15 bits per heavy atom. The Hall–Kier alpha value is -1.57. The lowest BCUT2D eigenvalue weighted by molar-refractivity contribution is -0.104. The summed E-state index contributed by atoms with van der Waals surface area (Å²) in [5, 5.41) is 0. The van der Waals surface area contributed by atoms with Crippen LogP contribution in [-0.2, 0) is 4.79 Å². The van der Waals surface area contributed by atoms with Crippen LogP contribution in [0, 0.1) is 0 Å². The van der Waals surface area contributed by atoms with E-state index in [1.54, 1.807) is 6.08 Å². The van der Waals surface area contributed by atoms with Gasteiger partial charge in [-0.05, 0) is 25.1 Å². The molecule has 0 spiro atoms. The van der Waals surface area contributed by atoms with E-state index in [0.29, 0.717) is 6.61 Å². The van der Waals surface area contributed by atoms with Crippen molar-refractivity contribution in [3.8, 4) is 5.75 Å². The maximum absolute atomic E-state index is 10.1. The monoisotopic (exact) mass is 176 g/mol. The van der Waals surface area contributed by atoms with Crippen LogP contribution in [0.4, 0.5) is 0 Å². The van der Waals surface area contributed by atoms with Crippen molar-refractivity contribution in [2.45, 2.75) is 6.92 Å². The van der Waals surface area contributed by atoms with Crippen LogP contribution in [-0.4, -0.2) is 12.9 Å². The molecule has 1 aromatic rings. The highest BCUT2D eigenvalue weighted by atomic mass is 16.5. The molecule has 0 atom stereocenters. The third-order valence-electron chi connectivity index (χ3n) is 1.57. The Kier molecular flexibility index (Phi) is 3.76. The van der Waals surface area contributed by atoms with Gasteiger partial charge in [-0.3, -0.25) is 4.79 Å². The van der Waals surface area contributed by atoms with E-state index in [2.05, 4.69) is 0 Å². The number of allylic oxidation sites excluding steroid dienone is 1. The molecule has 0 heterocycles. The van der Waals surface area contributed by atoms with Gasteiger partial charge in [0.1, 0.15) is 12.0 Å². The number of hydrogen-bond acceptors (Lipinski definition) is 2. The van der Waals surface area contributed by atoms with Crippen molar-refractivity contribution in [1.82, 2.24) is 0 Å². The van der Waals surface area contributed by atoms with Crippen LogP contribution in [0.2, 0.25) is 0 Å². The highest BCUT2D eigenvalue weighted by molar-refractivity contribution is 5.75. The van der Waals surface area contributed by atoms with Gasteiger partial charge in [-0.25, -0.2) is 0 Å². The summed E-state index contributed by atoms with van der Waals surface area (Å²) < 4.78 is 5.37. The molecule has 0 unspecified atom stereocenters. The number of carbonyl (C=O) groups is 1. The molecule has 2 heteroatoms. The topological polar surface area (TPSA) is 26.3 Å². The van der Waals surface area contributed by atoms with E-state index in [1.807, 2.05) is 31.2 Å². The minimum Gasteiger partial charge on any atom is -0.493 e. The summed E-state index contributed by atoms with van der Waals surface area (Å²) in [6, 6.07) is 7.61. The lowest BCUT2D eigenvalue weighted by Gasteiger charge is -2.05. The minimum absolute atomic E-state index is 0.631. The predicted octanol–water partition coefficient (Wildman–Crippen LogP) is 2.30. The van der Waals surface area contributed by atoms with E-state index in [4.69, 9.17) is 4.74 Å². The molecular formula is C11H12O2. The Balaban J connectivity index is 2.90. The standard InChI is InChI=1S/C11H12O2/c1-2-13-11-8-4-3-6-10(11)7-5-9-12/h3-9H,2H2,1H3. The maximum Gasteiger partial charge on any atom is 0.142 e. The Labute approximate surface area is 77.8 Å². The molecule has 0 aliphatic carbocycles. The largest absolute Gasteiger partial charge is 0.493 e. The van der Waals surface area contributed by atoms with Crippen LogP contribution in [0.3, 0.4) is 0 Å². The van der Waals surface area contributed by atoms with Gasteiger partial charge in [0.2, 0.25) is 0 Å². The zero-order chi connectivity index (χ0) is 9.52. The van der Waals surface area contributed by atoms with E-state index in [1.165, 1.54) is 6.08 Å². The molecule has 0 saturated heterocycles. The van der Waals surface area contributed by atoms with Gasteiger partial charge in [-0.15, -0.1) is 0 Å². The molecule has 0 N–H and O–H groups in total. The van der Waals surface area contributed by atoms with Crippen LogP contribution in [0.25, 0.3) is 6.08 Å².